The van der Waals surface area contributed by atoms with E-state index in [0.717, 1.165) is 20.6 Å². The van der Waals surface area contributed by atoms with Gasteiger partial charge in [0, 0.05) is 24.8 Å². The fourth-order valence-corrected chi connectivity index (χ4v) is 3.84. The lowest BCUT2D eigenvalue weighted by atomic mass is 10.2. The number of benzene rings is 1. The van der Waals surface area contributed by atoms with Crippen LogP contribution in [-0.4, -0.2) is 27.8 Å². The number of nitrogens with zero attached hydrogens (tertiary/aromatic N) is 2. The first-order chi connectivity index (χ1) is 10.6. The Morgan fingerprint density at radius 3 is 2.86 bits per heavy atom. The summed E-state index contributed by atoms with van der Waals surface area (Å²) in [6.45, 7) is 0.648. The van der Waals surface area contributed by atoms with Gasteiger partial charge >= 0.3 is 0 Å². The number of imidazole rings is 1. The highest BCUT2D eigenvalue weighted by atomic mass is 79.9. The number of carbonyl (C=O) groups is 1. The van der Waals surface area contributed by atoms with Crippen molar-refractivity contribution in [3.63, 3.8) is 0 Å². The normalized spacial score (nSPS) is 11.0. The van der Waals surface area contributed by atoms with Crippen LogP contribution in [-0.2, 0) is 17.8 Å². The number of aromatic amines is 1. The molecule has 2 heterocycles. The summed E-state index contributed by atoms with van der Waals surface area (Å²) < 4.78 is 1.09. The predicted octanol–water partition coefficient (Wildman–Crippen LogP) is 3.98. The van der Waals surface area contributed by atoms with Crippen LogP contribution in [0.25, 0.3) is 11.0 Å². The highest BCUT2D eigenvalue weighted by Crippen LogP contribution is 2.23. The van der Waals surface area contributed by atoms with E-state index in [4.69, 9.17) is 0 Å². The second-order valence-corrected chi connectivity index (χ2v) is 7.70. The van der Waals surface area contributed by atoms with Crippen molar-refractivity contribution in [2.45, 2.75) is 19.4 Å². The lowest BCUT2D eigenvalue weighted by molar-refractivity contribution is -0.130. The molecule has 3 aromatic rings. The second-order valence-electron chi connectivity index (χ2n) is 5.16. The average molecular weight is 378 g/mol. The molecule has 0 radical (unpaired) electrons. The van der Waals surface area contributed by atoms with Crippen LogP contribution in [0.3, 0.4) is 0 Å². The molecule has 0 aliphatic heterocycles. The Morgan fingerprint density at radius 2 is 2.14 bits per heavy atom. The highest BCUT2D eigenvalue weighted by Gasteiger charge is 2.12. The smallest absolute Gasteiger partial charge is 0.223 e. The van der Waals surface area contributed by atoms with Crippen LogP contribution >= 0.6 is 27.3 Å². The fourth-order valence-electron chi connectivity index (χ4n) is 2.30. The first-order valence-electron chi connectivity index (χ1n) is 7.03. The van der Waals surface area contributed by atoms with E-state index in [0.29, 0.717) is 19.4 Å². The number of halogens is 1. The van der Waals surface area contributed by atoms with Gasteiger partial charge in [0.25, 0.3) is 0 Å². The van der Waals surface area contributed by atoms with Crippen molar-refractivity contribution in [2.75, 3.05) is 7.05 Å². The van der Waals surface area contributed by atoms with E-state index in [1.54, 1.807) is 16.2 Å². The molecule has 3 rings (SSSR count). The molecule has 0 unspecified atom stereocenters. The van der Waals surface area contributed by atoms with Crippen molar-refractivity contribution >= 4 is 44.2 Å². The molecule has 0 atom stereocenters. The van der Waals surface area contributed by atoms with E-state index >= 15 is 0 Å². The monoisotopic (exact) mass is 377 g/mol. The summed E-state index contributed by atoms with van der Waals surface area (Å²) in [5.74, 6) is 0.992. The summed E-state index contributed by atoms with van der Waals surface area (Å²) in [5.41, 5.74) is 1.96. The Kier molecular flexibility index (Phi) is 4.59. The van der Waals surface area contributed by atoms with Crippen molar-refractivity contribution < 1.29 is 4.79 Å². The number of thiophene rings is 1. The number of hydrogen-bond acceptors (Lipinski definition) is 3. The van der Waals surface area contributed by atoms with Crippen molar-refractivity contribution in [3.05, 3.63) is 50.9 Å². The van der Waals surface area contributed by atoms with Gasteiger partial charge in [0.2, 0.25) is 5.91 Å². The molecule has 0 aliphatic rings. The molecule has 22 heavy (non-hydrogen) atoms. The molecule has 0 aliphatic carbocycles. The van der Waals surface area contributed by atoms with Gasteiger partial charge < -0.3 is 9.88 Å². The maximum absolute atomic E-state index is 12.2. The molecule has 1 amide bonds. The standard InChI is InChI=1S/C16H16BrN3OS/c1-20(10-11-6-7-14(17)22-11)16(21)9-8-15-18-12-4-2-3-5-13(12)19-15/h2-7H,8-10H2,1H3,(H,18,19). The third kappa shape index (κ3) is 3.56. The molecule has 4 nitrogen and oxygen atoms in total. The number of nitrogens with one attached hydrogen (secondary N) is 1. The van der Waals surface area contributed by atoms with Crippen LogP contribution < -0.4 is 0 Å². The number of hydrogen-bond donors (Lipinski definition) is 1. The first kappa shape index (κ1) is 15.2. The number of H-pyrrole nitrogens is 1. The molecule has 6 heteroatoms. The second kappa shape index (κ2) is 6.62. The van der Waals surface area contributed by atoms with Crippen molar-refractivity contribution in [3.8, 4) is 0 Å². The lowest BCUT2D eigenvalue weighted by Crippen LogP contribution is -2.26. The molecule has 1 N–H and O–H groups in total. The van der Waals surface area contributed by atoms with Crippen LogP contribution in [0.1, 0.15) is 17.1 Å². The first-order valence-corrected chi connectivity index (χ1v) is 8.64. The predicted molar refractivity (Wildman–Crippen MR) is 92.9 cm³/mol. The van der Waals surface area contributed by atoms with Gasteiger partial charge in [-0.1, -0.05) is 12.1 Å². The minimum Gasteiger partial charge on any atom is -0.342 e. The molecule has 0 bridgehead atoms. The average Bonchev–Trinajstić information content (AvgIpc) is 3.10. The molecule has 1 aromatic carbocycles. The Labute approximate surface area is 141 Å². The lowest BCUT2D eigenvalue weighted by Gasteiger charge is -2.15. The van der Waals surface area contributed by atoms with E-state index in [1.165, 1.54) is 4.88 Å². The SMILES string of the molecule is CN(Cc1ccc(Br)s1)C(=O)CCc1nc2ccccc2[nH]1. The highest BCUT2D eigenvalue weighted by molar-refractivity contribution is 9.11. The summed E-state index contributed by atoms with van der Waals surface area (Å²) in [6.07, 6.45) is 1.09. The number of rotatable bonds is 5. The summed E-state index contributed by atoms with van der Waals surface area (Å²) in [5, 5.41) is 0. The third-order valence-corrected chi connectivity index (χ3v) is 5.07. The Morgan fingerprint density at radius 1 is 1.32 bits per heavy atom. The van der Waals surface area contributed by atoms with Crippen LogP contribution in [0.5, 0.6) is 0 Å². The zero-order valence-electron chi connectivity index (χ0n) is 12.2. The summed E-state index contributed by atoms with van der Waals surface area (Å²) in [7, 11) is 1.84. The van der Waals surface area contributed by atoms with Gasteiger partial charge in [-0.3, -0.25) is 4.79 Å². The fraction of sp³-hybridized carbons (Fsp3) is 0.250. The van der Waals surface area contributed by atoms with E-state index in [9.17, 15) is 4.79 Å². The molecule has 114 valence electrons. The van der Waals surface area contributed by atoms with Crippen molar-refractivity contribution in [1.29, 1.82) is 0 Å². The summed E-state index contributed by atoms with van der Waals surface area (Å²) in [6, 6.07) is 11.9. The van der Waals surface area contributed by atoms with E-state index in [1.807, 2.05) is 43.4 Å². The van der Waals surface area contributed by atoms with Gasteiger partial charge in [-0.25, -0.2) is 4.98 Å². The molecular formula is C16H16BrN3OS. The van der Waals surface area contributed by atoms with Gasteiger partial charge in [0.05, 0.1) is 21.4 Å². The molecule has 0 fully saturated rings. The van der Waals surface area contributed by atoms with Crippen LogP contribution in [0.4, 0.5) is 0 Å². The van der Waals surface area contributed by atoms with E-state index in [2.05, 4.69) is 25.9 Å². The Balaban J connectivity index is 1.57. The van der Waals surface area contributed by atoms with Crippen LogP contribution in [0.2, 0.25) is 0 Å². The number of aromatic nitrogens is 2. The Bertz CT molecular complexity index is 762. The van der Waals surface area contributed by atoms with Crippen molar-refractivity contribution in [1.82, 2.24) is 14.9 Å². The van der Waals surface area contributed by atoms with Gasteiger partial charge in [-0.05, 0) is 40.2 Å². The molecule has 0 saturated heterocycles. The van der Waals surface area contributed by atoms with Gasteiger partial charge in [-0.2, -0.15) is 0 Å². The zero-order valence-corrected chi connectivity index (χ0v) is 14.6. The van der Waals surface area contributed by atoms with E-state index in [-0.39, 0.29) is 5.91 Å². The van der Waals surface area contributed by atoms with Crippen LogP contribution in [0, 0.1) is 0 Å². The Hall–Kier alpha value is -1.66. The topological polar surface area (TPSA) is 49.0 Å². The molecule has 0 spiro atoms. The quantitative estimate of drug-likeness (QED) is 0.730. The number of fused-ring (bicyclic) bond motifs is 1. The maximum atomic E-state index is 12.2. The molecule has 2 aromatic heterocycles. The summed E-state index contributed by atoms with van der Waals surface area (Å²) in [4.78, 5) is 22.9. The minimum absolute atomic E-state index is 0.130. The van der Waals surface area contributed by atoms with Gasteiger partial charge in [0.15, 0.2) is 0 Å². The number of amides is 1. The minimum atomic E-state index is 0.130. The molecule has 0 saturated carbocycles. The number of carbonyl (C=O) groups excluding carboxylic acids is 1. The van der Waals surface area contributed by atoms with Crippen LogP contribution in [0.15, 0.2) is 40.2 Å². The zero-order chi connectivity index (χ0) is 15.5. The third-order valence-electron chi connectivity index (χ3n) is 3.46. The van der Waals surface area contributed by atoms with Gasteiger partial charge in [-0.15, -0.1) is 11.3 Å². The maximum Gasteiger partial charge on any atom is 0.223 e. The van der Waals surface area contributed by atoms with Gasteiger partial charge in [0.1, 0.15) is 5.82 Å². The summed E-state index contributed by atoms with van der Waals surface area (Å²) >= 11 is 5.09. The largest absolute Gasteiger partial charge is 0.342 e. The van der Waals surface area contributed by atoms with E-state index < -0.39 is 0 Å². The van der Waals surface area contributed by atoms with Crippen molar-refractivity contribution in [2.24, 2.45) is 0 Å². The molecular weight excluding hydrogens is 362 g/mol. The number of aryl methyl sites for hydroxylation is 1. The number of para-hydroxylation sites is 2.